The predicted molar refractivity (Wildman–Crippen MR) is 79.8 cm³/mol. The Morgan fingerprint density at radius 3 is 1.55 bits per heavy atom. The number of hydrogen-bond acceptors (Lipinski definition) is 3. The first-order chi connectivity index (χ1) is 9.28. The first-order valence-corrected chi connectivity index (χ1v) is 6.49. The van der Waals surface area contributed by atoms with E-state index in [-0.39, 0.29) is 17.1 Å². The standard InChI is InChI=1S/C13H21.3CH2O.Mn/c1-5-10-9-11(6-2)13(8-4)12(10)7-3;3*1-2;/h10H,5-8H2,1-4H3;3*1H2;/q-1;;;;. The van der Waals surface area contributed by atoms with E-state index in [2.05, 4.69) is 33.8 Å². The summed E-state index contributed by atoms with van der Waals surface area (Å²) in [6, 6.07) is 0. The van der Waals surface area contributed by atoms with Gasteiger partial charge in [0.05, 0.1) is 0 Å². The van der Waals surface area contributed by atoms with E-state index in [1.807, 2.05) is 20.4 Å². The van der Waals surface area contributed by atoms with Gasteiger partial charge in [-0.1, -0.05) is 59.3 Å². The molecule has 0 aromatic carbocycles. The van der Waals surface area contributed by atoms with Crippen LogP contribution < -0.4 is 0 Å². The third-order valence-corrected chi connectivity index (χ3v) is 3.02. The Bertz CT molecular complexity index is 281. The minimum atomic E-state index is 0. The van der Waals surface area contributed by atoms with E-state index in [1.54, 1.807) is 11.1 Å². The molecule has 4 heteroatoms. The van der Waals surface area contributed by atoms with Crippen molar-refractivity contribution >= 4 is 20.4 Å². The van der Waals surface area contributed by atoms with Crippen LogP contribution in [0.2, 0.25) is 0 Å². The molecule has 0 aromatic heterocycles. The Hall–Kier alpha value is -0.991. The van der Waals surface area contributed by atoms with Crippen LogP contribution in [0.25, 0.3) is 0 Å². The summed E-state index contributed by atoms with van der Waals surface area (Å²) in [6.45, 7) is 15.0. The van der Waals surface area contributed by atoms with Gasteiger partial charge in [0.25, 0.3) is 0 Å². The average Bonchev–Trinajstić information content (AvgIpc) is 2.89. The number of allylic oxidation sites excluding steroid dienone is 4. The van der Waals surface area contributed by atoms with Gasteiger partial charge in [-0.15, -0.1) is 0 Å². The molecule has 1 aliphatic carbocycles. The van der Waals surface area contributed by atoms with Crippen LogP contribution in [0.4, 0.5) is 0 Å². The van der Waals surface area contributed by atoms with Crippen LogP contribution in [0.1, 0.15) is 53.4 Å². The second-order valence-corrected chi connectivity index (χ2v) is 3.65. The zero-order valence-corrected chi connectivity index (χ0v) is 14.3. The summed E-state index contributed by atoms with van der Waals surface area (Å²) >= 11 is 0. The molecule has 1 unspecified atom stereocenters. The number of hydrogen-bond donors (Lipinski definition) is 0. The normalized spacial score (nSPS) is 15.2. The maximum atomic E-state index is 8.00. The zero-order valence-electron chi connectivity index (χ0n) is 13.1. The van der Waals surface area contributed by atoms with E-state index in [0.29, 0.717) is 5.92 Å². The summed E-state index contributed by atoms with van der Waals surface area (Å²) in [5.74, 6) is 0.634. The van der Waals surface area contributed by atoms with Gasteiger partial charge < -0.3 is 14.4 Å². The van der Waals surface area contributed by atoms with Crippen molar-refractivity contribution < 1.29 is 31.5 Å². The van der Waals surface area contributed by atoms with E-state index in [1.165, 1.54) is 24.8 Å². The molecule has 0 amide bonds. The van der Waals surface area contributed by atoms with Gasteiger partial charge >= 0.3 is 0 Å². The van der Waals surface area contributed by atoms with Crippen LogP contribution in [0.3, 0.4) is 0 Å². The van der Waals surface area contributed by atoms with Crippen molar-refractivity contribution in [1.82, 2.24) is 0 Å². The summed E-state index contributed by atoms with van der Waals surface area (Å²) in [6.07, 6.45) is 8.41. The fraction of sp³-hybridized carbons (Fsp3) is 0.562. The van der Waals surface area contributed by atoms with Crippen LogP contribution >= 0.6 is 0 Å². The molecule has 0 saturated heterocycles. The van der Waals surface area contributed by atoms with Gasteiger partial charge in [-0.05, 0) is 0 Å². The molecular weight excluding hydrogens is 295 g/mol. The predicted octanol–water partition coefficient (Wildman–Crippen LogP) is 3.73. The Kier molecular flexibility index (Phi) is 27.8. The molecule has 0 saturated carbocycles. The fourth-order valence-electron chi connectivity index (χ4n) is 2.35. The number of carbonyl (C=O) groups is 3. The Balaban J connectivity index is -0.000000162. The van der Waals surface area contributed by atoms with Gasteiger partial charge in [0.15, 0.2) is 0 Å². The number of carbonyl (C=O) groups excluding carboxylic acids is 3. The summed E-state index contributed by atoms with van der Waals surface area (Å²) in [7, 11) is 0. The van der Waals surface area contributed by atoms with E-state index < -0.39 is 0 Å². The first-order valence-electron chi connectivity index (χ1n) is 6.49. The second-order valence-electron chi connectivity index (χ2n) is 3.65. The van der Waals surface area contributed by atoms with Crippen molar-refractivity contribution in [3.05, 3.63) is 22.8 Å². The van der Waals surface area contributed by atoms with Crippen LogP contribution in [-0.4, -0.2) is 20.4 Å². The third-order valence-electron chi connectivity index (χ3n) is 3.02. The Labute approximate surface area is 134 Å². The minimum absolute atomic E-state index is 0. The second kappa shape index (κ2) is 20.3. The van der Waals surface area contributed by atoms with Crippen molar-refractivity contribution in [2.24, 2.45) is 5.92 Å². The van der Waals surface area contributed by atoms with Crippen molar-refractivity contribution in [3.8, 4) is 0 Å². The van der Waals surface area contributed by atoms with Crippen LogP contribution in [-0.2, 0) is 31.5 Å². The molecule has 3 nitrogen and oxygen atoms in total. The molecule has 1 radical (unpaired) electrons. The Morgan fingerprint density at radius 2 is 1.30 bits per heavy atom. The fourth-order valence-corrected chi connectivity index (χ4v) is 2.35. The SMILES string of the molecule is C=O.C=O.C=O.CCC1=[C-]C(CC)C(CC)=C1CC.[Mn]. The van der Waals surface area contributed by atoms with Gasteiger partial charge in [0, 0.05) is 17.1 Å². The van der Waals surface area contributed by atoms with Crippen LogP contribution in [0.15, 0.2) is 16.7 Å². The van der Waals surface area contributed by atoms with Gasteiger partial charge in [0.1, 0.15) is 20.4 Å². The largest absolute Gasteiger partial charge is 0.307 e. The van der Waals surface area contributed by atoms with E-state index in [0.717, 1.165) is 6.42 Å². The van der Waals surface area contributed by atoms with E-state index in [4.69, 9.17) is 14.4 Å². The van der Waals surface area contributed by atoms with Gasteiger partial charge in [-0.2, -0.15) is 11.1 Å². The smallest absolute Gasteiger partial charge is 0.106 e. The summed E-state index contributed by atoms with van der Waals surface area (Å²) < 4.78 is 0. The molecule has 0 fully saturated rings. The van der Waals surface area contributed by atoms with Crippen molar-refractivity contribution in [3.63, 3.8) is 0 Å². The number of rotatable bonds is 4. The summed E-state index contributed by atoms with van der Waals surface area (Å²) in [5.41, 5.74) is 4.75. The molecule has 1 rings (SSSR count). The quantitative estimate of drug-likeness (QED) is 0.585. The van der Waals surface area contributed by atoms with E-state index >= 15 is 0 Å². The topological polar surface area (TPSA) is 51.2 Å². The summed E-state index contributed by atoms with van der Waals surface area (Å²) in [5, 5.41) is 0. The van der Waals surface area contributed by atoms with Crippen molar-refractivity contribution in [2.75, 3.05) is 0 Å². The molecule has 0 heterocycles. The van der Waals surface area contributed by atoms with Gasteiger partial charge in [0.2, 0.25) is 0 Å². The molecule has 0 spiro atoms. The van der Waals surface area contributed by atoms with Crippen LogP contribution in [0.5, 0.6) is 0 Å². The molecule has 0 bridgehead atoms. The van der Waals surface area contributed by atoms with Crippen LogP contribution in [0, 0.1) is 12.0 Å². The molecular formula is C16H27MnO3-. The Morgan fingerprint density at radius 1 is 0.850 bits per heavy atom. The molecule has 20 heavy (non-hydrogen) atoms. The summed E-state index contributed by atoms with van der Waals surface area (Å²) in [4.78, 5) is 24.0. The monoisotopic (exact) mass is 322 g/mol. The van der Waals surface area contributed by atoms with Crippen molar-refractivity contribution in [2.45, 2.75) is 53.4 Å². The van der Waals surface area contributed by atoms with Gasteiger partial charge in [-0.3, -0.25) is 6.08 Å². The van der Waals surface area contributed by atoms with E-state index in [9.17, 15) is 0 Å². The maximum Gasteiger partial charge on any atom is 0.106 e. The molecule has 1 aliphatic rings. The first kappa shape index (κ1) is 27.4. The van der Waals surface area contributed by atoms with Gasteiger partial charge in [-0.25, -0.2) is 5.57 Å². The molecule has 117 valence electrons. The zero-order chi connectivity index (χ0) is 15.8. The average molecular weight is 322 g/mol. The molecule has 0 N–H and O–H groups in total. The third kappa shape index (κ3) is 8.23. The molecule has 0 aromatic rings. The maximum absolute atomic E-state index is 8.00. The van der Waals surface area contributed by atoms with Crippen molar-refractivity contribution in [1.29, 1.82) is 0 Å². The minimum Gasteiger partial charge on any atom is -0.307 e. The molecule has 1 atom stereocenters. The molecule has 0 aliphatic heterocycles.